The van der Waals surface area contributed by atoms with Crippen LogP contribution in [-0.4, -0.2) is 19.5 Å². The van der Waals surface area contributed by atoms with E-state index in [0.717, 1.165) is 0 Å². The van der Waals surface area contributed by atoms with Crippen LogP contribution < -0.4 is 39.0 Å². The van der Waals surface area contributed by atoms with E-state index >= 15 is 0 Å². The second kappa shape index (κ2) is 8.47. The summed E-state index contributed by atoms with van der Waals surface area (Å²) in [5.41, 5.74) is 0.653. The van der Waals surface area contributed by atoms with Crippen LogP contribution in [0.1, 0.15) is 5.56 Å². The van der Waals surface area contributed by atoms with Crippen LogP contribution in [0.3, 0.4) is 0 Å². The molecule has 0 unspecified atom stereocenters. The molecule has 17 heavy (non-hydrogen) atoms. The molecule has 0 heterocycles. The summed E-state index contributed by atoms with van der Waals surface area (Å²) in [6, 6.07) is 6.08. The molecule has 0 aromatic heterocycles. The maximum absolute atomic E-state index is 11.3. The van der Waals surface area contributed by atoms with Gasteiger partial charge in [0.15, 0.2) is 0 Å². The van der Waals surface area contributed by atoms with Crippen molar-refractivity contribution in [1.82, 2.24) is 0 Å². The topological polar surface area (TPSA) is 75.7 Å². The van der Waals surface area contributed by atoms with Crippen LogP contribution in [0.5, 0.6) is 5.75 Å². The van der Waals surface area contributed by atoms with Crippen molar-refractivity contribution in [2.24, 2.45) is 0 Å². The Kier molecular flexibility index (Phi) is 8.65. The molecule has 0 saturated carbocycles. The van der Waals surface area contributed by atoms with Gasteiger partial charge in [0, 0.05) is 5.33 Å². The van der Waals surface area contributed by atoms with Gasteiger partial charge in [-0.1, -0.05) is 28.1 Å². The van der Waals surface area contributed by atoms with Gasteiger partial charge in [0.2, 0.25) is 0 Å². The first-order chi connectivity index (χ1) is 7.57. The molecule has 1 aromatic rings. The van der Waals surface area contributed by atoms with Crippen molar-refractivity contribution >= 4 is 26.0 Å². The van der Waals surface area contributed by atoms with Crippen LogP contribution in [0.4, 0.5) is 0 Å². The monoisotopic (exact) mass is 332 g/mol. The molecule has 0 saturated heterocycles. The van der Waals surface area contributed by atoms with Gasteiger partial charge in [-0.2, -0.15) is 8.42 Å². The SMILES string of the molecule is O=S(=O)(CCBr)Oc1ccc(CO[O-])cc1.[Na+]. The molecular weight excluding hydrogens is 323 g/mol. The van der Waals surface area contributed by atoms with Gasteiger partial charge in [-0.05, 0) is 17.7 Å². The van der Waals surface area contributed by atoms with E-state index in [1.165, 1.54) is 12.1 Å². The van der Waals surface area contributed by atoms with Gasteiger partial charge in [0.05, 0.1) is 12.4 Å². The first-order valence-electron chi connectivity index (χ1n) is 4.39. The smallest absolute Gasteiger partial charge is 0.723 e. The molecule has 1 aromatic carbocycles. The Balaban J connectivity index is 0.00000256. The number of benzene rings is 1. The van der Waals surface area contributed by atoms with E-state index < -0.39 is 10.1 Å². The molecule has 5 nitrogen and oxygen atoms in total. The van der Waals surface area contributed by atoms with E-state index in [0.29, 0.717) is 10.9 Å². The minimum Gasteiger partial charge on any atom is -0.723 e. The Bertz CT molecular complexity index is 420. The fraction of sp³-hybridized carbons (Fsp3) is 0.333. The van der Waals surface area contributed by atoms with Crippen LogP contribution in [0.2, 0.25) is 0 Å². The molecule has 0 bridgehead atoms. The van der Waals surface area contributed by atoms with Gasteiger partial charge < -0.3 is 14.3 Å². The van der Waals surface area contributed by atoms with Gasteiger partial charge in [0.25, 0.3) is 0 Å². The van der Waals surface area contributed by atoms with Crippen molar-refractivity contribution in [3.8, 4) is 5.75 Å². The zero-order chi connectivity index (χ0) is 12.0. The fourth-order valence-electron chi connectivity index (χ4n) is 0.992. The van der Waals surface area contributed by atoms with Crippen LogP contribution in [-0.2, 0) is 21.6 Å². The van der Waals surface area contributed by atoms with Gasteiger partial charge in [-0.25, -0.2) is 0 Å². The summed E-state index contributed by atoms with van der Waals surface area (Å²) in [5.74, 6) is 0.119. The Labute approximate surface area is 131 Å². The molecule has 1 rings (SSSR count). The summed E-state index contributed by atoms with van der Waals surface area (Å²) in [7, 11) is -3.55. The Morgan fingerprint density at radius 2 is 1.82 bits per heavy atom. The van der Waals surface area contributed by atoms with Gasteiger partial charge in [-0.3, -0.25) is 0 Å². The van der Waals surface area contributed by atoms with E-state index in [-0.39, 0.29) is 47.7 Å². The minimum atomic E-state index is -3.55. The van der Waals surface area contributed by atoms with E-state index in [2.05, 4.69) is 20.8 Å². The van der Waals surface area contributed by atoms with Crippen molar-refractivity contribution in [3.05, 3.63) is 29.8 Å². The average Bonchev–Trinajstić information content (AvgIpc) is 2.21. The first kappa shape index (κ1) is 17.4. The van der Waals surface area contributed by atoms with Crippen LogP contribution in [0, 0.1) is 0 Å². The number of rotatable bonds is 6. The molecule has 0 amide bonds. The molecule has 0 radical (unpaired) electrons. The second-order valence-corrected chi connectivity index (χ2v) is 5.42. The standard InChI is InChI=1S/C9H11BrO5S.Na/c10-5-6-16(12,13)15-9-3-1-8(2-4-9)7-14-11;/h1-4,11H,5-7H2;/q;+1/p-1. The predicted molar refractivity (Wildman–Crippen MR) is 59.4 cm³/mol. The summed E-state index contributed by atoms with van der Waals surface area (Å²) < 4.78 is 27.4. The van der Waals surface area contributed by atoms with Gasteiger partial charge in [-0.15, -0.1) is 0 Å². The molecule has 0 fully saturated rings. The van der Waals surface area contributed by atoms with Crippen molar-refractivity contribution in [2.45, 2.75) is 6.61 Å². The molecule has 0 spiro atoms. The number of halogens is 1. The number of alkyl halides is 1. The zero-order valence-electron chi connectivity index (χ0n) is 9.26. The molecule has 0 atom stereocenters. The van der Waals surface area contributed by atoms with Gasteiger partial charge >= 0.3 is 39.7 Å². The molecule has 0 aliphatic heterocycles. The molecule has 0 aliphatic rings. The number of hydrogen-bond acceptors (Lipinski definition) is 5. The first-order valence-corrected chi connectivity index (χ1v) is 7.09. The largest absolute Gasteiger partial charge is 1.00 e. The van der Waals surface area contributed by atoms with Crippen LogP contribution in [0.15, 0.2) is 24.3 Å². The third kappa shape index (κ3) is 6.76. The molecule has 0 aliphatic carbocycles. The van der Waals surface area contributed by atoms with Crippen LogP contribution >= 0.6 is 15.9 Å². The van der Waals surface area contributed by atoms with Crippen molar-refractivity contribution in [3.63, 3.8) is 0 Å². The third-order valence-corrected chi connectivity index (χ3v) is 3.77. The Morgan fingerprint density at radius 3 is 2.29 bits per heavy atom. The van der Waals surface area contributed by atoms with Crippen molar-refractivity contribution < 1.29 is 52.3 Å². The maximum Gasteiger partial charge on any atom is 1.00 e. The van der Waals surface area contributed by atoms with Crippen molar-refractivity contribution in [1.29, 1.82) is 0 Å². The average molecular weight is 333 g/mol. The molecule has 0 N–H and O–H groups in total. The predicted octanol–water partition coefficient (Wildman–Crippen LogP) is -2.41. The second-order valence-electron chi connectivity index (χ2n) is 2.94. The normalized spacial score (nSPS) is 10.7. The summed E-state index contributed by atoms with van der Waals surface area (Å²) >= 11 is 3.02. The Hall–Kier alpha value is 0.370. The summed E-state index contributed by atoms with van der Waals surface area (Å²) in [5, 5.41) is 10.2. The molecule has 8 heteroatoms. The molecule has 90 valence electrons. The zero-order valence-corrected chi connectivity index (χ0v) is 13.7. The quantitative estimate of drug-likeness (QED) is 0.191. The maximum atomic E-state index is 11.3. The summed E-state index contributed by atoms with van der Waals surface area (Å²) in [6.45, 7) is -0.0611. The number of hydrogen-bond donors (Lipinski definition) is 0. The summed E-state index contributed by atoms with van der Waals surface area (Å²) in [6.07, 6.45) is 0. The van der Waals surface area contributed by atoms with E-state index in [4.69, 9.17) is 4.18 Å². The van der Waals surface area contributed by atoms with Gasteiger partial charge in [0.1, 0.15) is 5.75 Å². The van der Waals surface area contributed by atoms with Crippen molar-refractivity contribution in [2.75, 3.05) is 11.1 Å². The molecular formula is C9H10BrNaO5S. The van der Waals surface area contributed by atoms with E-state index in [9.17, 15) is 13.7 Å². The fourth-order valence-corrected chi connectivity index (χ4v) is 2.86. The third-order valence-electron chi connectivity index (χ3n) is 1.70. The van der Waals surface area contributed by atoms with E-state index in [1.807, 2.05) is 0 Å². The Morgan fingerprint density at radius 1 is 1.24 bits per heavy atom. The summed E-state index contributed by atoms with van der Waals surface area (Å²) in [4.78, 5) is 3.69. The minimum absolute atomic E-state index is 0. The van der Waals surface area contributed by atoms with E-state index in [1.54, 1.807) is 12.1 Å². The van der Waals surface area contributed by atoms with Crippen LogP contribution in [0.25, 0.3) is 0 Å².